The van der Waals surface area contributed by atoms with Crippen LogP contribution in [0.5, 0.6) is 0 Å². The Balaban J connectivity index is 2.36. The molecule has 3 N–H and O–H groups in total. The summed E-state index contributed by atoms with van der Waals surface area (Å²) in [7, 11) is 0. The fourth-order valence-electron chi connectivity index (χ4n) is 1.67. The molecule has 0 bridgehead atoms. The fourth-order valence-corrected chi connectivity index (χ4v) is 1.67. The van der Waals surface area contributed by atoms with Gasteiger partial charge >= 0.3 is 5.97 Å². The van der Waals surface area contributed by atoms with Gasteiger partial charge < -0.3 is 15.7 Å². The van der Waals surface area contributed by atoms with Crippen LogP contribution in [0, 0.1) is 0 Å². The summed E-state index contributed by atoms with van der Waals surface area (Å²) >= 11 is 0. The molecule has 1 aliphatic heterocycles. The Bertz CT molecular complexity index is 457. The van der Waals surface area contributed by atoms with Crippen LogP contribution >= 0.6 is 0 Å². The summed E-state index contributed by atoms with van der Waals surface area (Å²) in [5.41, 5.74) is 1.45. The Morgan fingerprint density at radius 2 is 2.19 bits per heavy atom. The van der Waals surface area contributed by atoms with Crippen molar-refractivity contribution in [2.24, 2.45) is 0 Å². The van der Waals surface area contributed by atoms with E-state index in [0.717, 1.165) is 5.69 Å². The first-order chi connectivity index (χ1) is 7.61. The molecule has 0 fully saturated rings. The van der Waals surface area contributed by atoms with Gasteiger partial charge in [0.2, 0.25) is 5.91 Å². The predicted octanol–water partition coefficient (Wildman–Crippen LogP) is 1.53. The summed E-state index contributed by atoms with van der Waals surface area (Å²) in [6, 6.07) is 4.39. The molecule has 0 aliphatic carbocycles. The number of rotatable bonds is 2. The molecule has 0 aromatic heterocycles. The summed E-state index contributed by atoms with van der Waals surface area (Å²) in [5, 5.41) is 14.6. The molecule has 1 atom stereocenters. The number of amides is 1. The number of benzene rings is 1. The third-order valence-corrected chi connectivity index (χ3v) is 2.58. The monoisotopic (exact) mass is 220 g/mol. The van der Waals surface area contributed by atoms with Crippen molar-refractivity contribution < 1.29 is 14.7 Å². The van der Waals surface area contributed by atoms with Gasteiger partial charge in [-0.3, -0.25) is 4.79 Å². The summed E-state index contributed by atoms with van der Waals surface area (Å²) in [6.45, 7) is 1.91. The quantitative estimate of drug-likeness (QED) is 0.706. The number of aromatic carboxylic acids is 1. The molecule has 1 heterocycles. The second-order valence-corrected chi connectivity index (χ2v) is 3.66. The van der Waals surface area contributed by atoms with Gasteiger partial charge in [0.15, 0.2) is 0 Å². The lowest BCUT2D eigenvalue weighted by Gasteiger charge is -2.26. The number of fused-ring (bicyclic) bond motifs is 1. The minimum Gasteiger partial charge on any atom is -0.478 e. The van der Waals surface area contributed by atoms with E-state index in [-0.39, 0.29) is 17.5 Å². The number of carboxylic acid groups (broad SMARTS) is 1. The van der Waals surface area contributed by atoms with Gasteiger partial charge in [-0.1, -0.05) is 6.92 Å². The average Bonchev–Trinajstić information content (AvgIpc) is 2.27. The number of anilines is 2. The van der Waals surface area contributed by atoms with Crippen LogP contribution in [-0.4, -0.2) is 23.0 Å². The van der Waals surface area contributed by atoms with Crippen molar-refractivity contribution in [1.82, 2.24) is 0 Å². The molecule has 0 radical (unpaired) electrons. The van der Waals surface area contributed by atoms with Gasteiger partial charge in [0.05, 0.1) is 16.9 Å². The molecule has 0 spiro atoms. The summed E-state index contributed by atoms with van der Waals surface area (Å²) in [4.78, 5) is 22.3. The van der Waals surface area contributed by atoms with Crippen molar-refractivity contribution in [3.8, 4) is 0 Å². The molecule has 0 unspecified atom stereocenters. The van der Waals surface area contributed by atoms with Crippen molar-refractivity contribution in [3.05, 3.63) is 23.8 Å². The lowest BCUT2D eigenvalue weighted by molar-refractivity contribution is -0.117. The number of nitrogens with one attached hydrogen (secondary N) is 2. The predicted molar refractivity (Wildman–Crippen MR) is 59.7 cm³/mol. The Labute approximate surface area is 92.5 Å². The van der Waals surface area contributed by atoms with Crippen molar-refractivity contribution in [2.45, 2.75) is 19.4 Å². The van der Waals surface area contributed by atoms with Crippen molar-refractivity contribution in [3.63, 3.8) is 0 Å². The van der Waals surface area contributed by atoms with E-state index in [9.17, 15) is 9.59 Å². The highest BCUT2D eigenvalue weighted by Gasteiger charge is 2.24. The van der Waals surface area contributed by atoms with Crippen LogP contribution in [0.4, 0.5) is 11.4 Å². The molecule has 1 aromatic carbocycles. The first-order valence-corrected chi connectivity index (χ1v) is 5.06. The Hall–Kier alpha value is -2.04. The van der Waals surface area contributed by atoms with Gasteiger partial charge in [-0.05, 0) is 24.6 Å². The zero-order valence-electron chi connectivity index (χ0n) is 8.78. The number of hydrogen-bond donors (Lipinski definition) is 3. The van der Waals surface area contributed by atoms with Crippen molar-refractivity contribution in [1.29, 1.82) is 0 Å². The van der Waals surface area contributed by atoms with E-state index < -0.39 is 5.97 Å². The molecule has 1 aromatic rings. The van der Waals surface area contributed by atoms with E-state index in [1.54, 1.807) is 6.07 Å². The zero-order valence-corrected chi connectivity index (χ0v) is 8.78. The first-order valence-electron chi connectivity index (χ1n) is 5.06. The minimum absolute atomic E-state index is 0.127. The largest absolute Gasteiger partial charge is 0.478 e. The Morgan fingerprint density at radius 3 is 2.81 bits per heavy atom. The van der Waals surface area contributed by atoms with Crippen LogP contribution in [0.2, 0.25) is 0 Å². The second-order valence-electron chi connectivity index (χ2n) is 3.66. The minimum atomic E-state index is -1.00. The molecule has 16 heavy (non-hydrogen) atoms. The number of carboxylic acids is 1. The lowest BCUT2D eigenvalue weighted by Crippen LogP contribution is -2.38. The maximum Gasteiger partial charge on any atom is 0.335 e. The molecular formula is C11H12N2O3. The lowest BCUT2D eigenvalue weighted by atomic mass is 10.1. The Kier molecular flexibility index (Phi) is 2.52. The maximum absolute atomic E-state index is 11.5. The highest BCUT2D eigenvalue weighted by Crippen LogP contribution is 2.28. The normalized spacial score (nSPS) is 18.3. The van der Waals surface area contributed by atoms with Crippen LogP contribution in [0.3, 0.4) is 0 Å². The number of carbonyl (C=O) groups is 2. The van der Waals surface area contributed by atoms with Gasteiger partial charge in [-0.25, -0.2) is 4.79 Å². The highest BCUT2D eigenvalue weighted by molar-refractivity contribution is 6.04. The third kappa shape index (κ3) is 1.71. The maximum atomic E-state index is 11.5. The van der Waals surface area contributed by atoms with Gasteiger partial charge in [0.1, 0.15) is 6.04 Å². The van der Waals surface area contributed by atoms with E-state index in [0.29, 0.717) is 12.1 Å². The molecule has 2 rings (SSSR count). The molecular weight excluding hydrogens is 208 g/mol. The molecule has 0 saturated carbocycles. The van der Waals surface area contributed by atoms with E-state index >= 15 is 0 Å². The Morgan fingerprint density at radius 1 is 1.44 bits per heavy atom. The fraction of sp³-hybridized carbons (Fsp3) is 0.273. The molecule has 84 valence electrons. The smallest absolute Gasteiger partial charge is 0.335 e. The van der Waals surface area contributed by atoms with Gasteiger partial charge in [-0.15, -0.1) is 0 Å². The number of carbonyl (C=O) groups excluding carboxylic acids is 1. The molecule has 0 saturated heterocycles. The van der Waals surface area contributed by atoms with Crippen molar-refractivity contribution >= 4 is 23.3 Å². The van der Waals surface area contributed by atoms with Crippen LogP contribution in [0.1, 0.15) is 23.7 Å². The van der Waals surface area contributed by atoms with E-state index in [1.165, 1.54) is 12.1 Å². The first kappa shape index (κ1) is 10.5. The molecule has 5 nitrogen and oxygen atoms in total. The van der Waals surface area contributed by atoms with Crippen LogP contribution in [0.15, 0.2) is 18.2 Å². The summed E-state index contributed by atoms with van der Waals surface area (Å²) < 4.78 is 0. The summed E-state index contributed by atoms with van der Waals surface area (Å²) in [5.74, 6) is -1.13. The van der Waals surface area contributed by atoms with E-state index in [2.05, 4.69) is 10.6 Å². The molecule has 1 aliphatic rings. The second kappa shape index (κ2) is 3.84. The van der Waals surface area contributed by atoms with E-state index in [4.69, 9.17) is 5.11 Å². The third-order valence-electron chi connectivity index (χ3n) is 2.58. The molecule has 5 heteroatoms. The standard InChI is InChI=1S/C11H12N2O3/c1-2-7-10(14)13-9-5-6(11(15)16)3-4-8(9)12-7/h3-5,7,12H,2H2,1H3,(H,13,14)(H,15,16)/t7-/m0/s1. The SMILES string of the molecule is CC[C@@H]1Nc2ccc(C(=O)O)cc2NC1=O. The highest BCUT2D eigenvalue weighted by atomic mass is 16.4. The van der Waals surface area contributed by atoms with E-state index in [1.807, 2.05) is 6.92 Å². The van der Waals surface area contributed by atoms with Gasteiger partial charge in [0, 0.05) is 0 Å². The zero-order chi connectivity index (χ0) is 11.7. The van der Waals surface area contributed by atoms with Crippen LogP contribution < -0.4 is 10.6 Å². The van der Waals surface area contributed by atoms with Crippen LogP contribution in [-0.2, 0) is 4.79 Å². The van der Waals surface area contributed by atoms with Gasteiger partial charge in [0.25, 0.3) is 0 Å². The molecule has 1 amide bonds. The van der Waals surface area contributed by atoms with Crippen molar-refractivity contribution in [2.75, 3.05) is 10.6 Å². The summed E-state index contributed by atoms with van der Waals surface area (Å²) in [6.07, 6.45) is 0.686. The topological polar surface area (TPSA) is 78.4 Å². The average molecular weight is 220 g/mol. The van der Waals surface area contributed by atoms with Crippen LogP contribution in [0.25, 0.3) is 0 Å². The number of hydrogen-bond acceptors (Lipinski definition) is 3. The van der Waals surface area contributed by atoms with Gasteiger partial charge in [-0.2, -0.15) is 0 Å².